The van der Waals surface area contributed by atoms with Crippen molar-refractivity contribution in [2.45, 2.75) is 33.7 Å². The lowest BCUT2D eigenvalue weighted by atomic mass is 10.0. The quantitative estimate of drug-likeness (QED) is 0.884. The highest BCUT2D eigenvalue weighted by atomic mass is 32.1. The molecule has 5 nitrogen and oxygen atoms in total. The summed E-state index contributed by atoms with van der Waals surface area (Å²) in [5.41, 5.74) is 2.64. The molecular weight excluding hydrogens is 310 g/mol. The molecule has 6 heteroatoms. The van der Waals surface area contributed by atoms with Gasteiger partial charge in [-0.25, -0.2) is 4.98 Å². The minimum absolute atomic E-state index is 0.0103. The van der Waals surface area contributed by atoms with E-state index in [0.29, 0.717) is 5.69 Å². The summed E-state index contributed by atoms with van der Waals surface area (Å²) in [5, 5.41) is 8.55. The first-order valence-electron chi connectivity index (χ1n) is 7.47. The largest absolute Gasteiger partial charge is 0.344 e. The molecule has 2 N–H and O–H groups in total. The van der Waals surface area contributed by atoms with Crippen LogP contribution in [0, 0.1) is 12.8 Å². The molecule has 0 spiro atoms. The second kappa shape index (κ2) is 7.37. The summed E-state index contributed by atoms with van der Waals surface area (Å²) in [6.45, 7) is 7.17. The van der Waals surface area contributed by atoms with Crippen molar-refractivity contribution in [2.24, 2.45) is 5.92 Å². The van der Waals surface area contributed by atoms with Crippen LogP contribution in [0.4, 0.5) is 5.69 Å². The van der Waals surface area contributed by atoms with E-state index >= 15 is 0 Å². The van der Waals surface area contributed by atoms with Gasteiger partial charge >= 0.3 is 0 Å². The Hall–Kier alpha value is -2.21. The molecule has 1 heterocycles. The van der Waals surface area contributed by atoms with Crippen LogP contribution in [0.1, 0.15) is 25.8 Å². The third-order valence-corrected chi connectivity index (χ3v) is 4.15. The number of hydrogen-bond donors (Lipinski definition) is 2. The summed E-state index contributed by atoms with van der Waals surface area (Å²) >= 11 is 1.61. The van der Waals surface area contributed by atoms with Gasteiger partial charge in [0.15, 0.2) is 0 Å². The number of anilines is 1. The predicted octanol–water partition coefficient (Wildman–Crippen LogP) is 3.22. The van der Waals surface area contributed by atoms with Crippen LogP contribution in [-0.4, -0.2) is 22.8 Å². The van der Waals surface area contributed by atoms with Gasteiger partial charge in [-0.2, -0.15) is 0 Å². The van der Waals surface area contributed by atoms with Gasteiger partial charge in [0.05, 0.1) is 10.7 Å². The van der Waals surface area contributed by atoms with E-state index in [2.05, 4.69) is 15.6 Å². The van der Waals surface area contributed by atoms with Crippen molar-refractivity contribution >= 4 is 28.8 Å². The van der Waals surface area contributed by atoms with Crippen LogP contribution >= 0.6 is 11.3 Å². The van der Waals surface area contributed by atoms with Gasteiger partial charge in [0.1, 0.15) is 6.04 Å². The fraction of sp³-hybridized carbons (Fsp3) is 0.353. The van der Waals surface area contributed by atoms with E-state index in [1.165, 1.54) is 6.92 Å². The number of nitrogens with zero attached hydrogens (tertiary/aromatic N) is 1. The molecule has 0 aliphatic rings. The van der Waals surface area contributed by atoms with Gasteiger partial charge in [-0.1, -0.05) is 26.0 Å². The van der Waals surface area contributed by atoms with Crippen LogP contribution in [0.2, 0.25) is 0 Å². The standard InChI is InChI=1S/C17H21N3O2S/c1-10(2)16(18-11(3)21)17(22)20-14-7-5-13(6-8-14)15-9-23-12(4)19-15/h5-10,16H,1-4H3,(H,18,21)(H,20,22)/t16-/m1/s1. The monoisotopic (exact) mass is 331 g/mol. The third kappa shape index (κ3) is 4.63. The number of aromatic nitrogens is 1. The fourth-order valence-electron chi connectivity index (χ4n) is 2.19. The topological polar surface area (TPSA) is 71.1 Å². The van der Waals surface area contributed by atoms with E-state index in [9.17, 15) is 9.59 Å². The minimum Gasteiger partial charge on any atom is -0.344 e. The van der Waals surface area contributed by atoms with Crippen LogP contribution in [-0.2, 0) is 9.59 Å². The Morgan fingerprint density at radius 3 is 2.30 bits per heavy atom. The number of benzene rings is 1. The number of hydrogen-bond acceptors (Lipinski definition) is 4. The molecule has 1 aromatic heterocycles. The number of carbonyl (C=O) groups is 2. The van der Waals surface area contributed by atoms with Crippen LogP contribution in [0.25, 0.3) is 11.3 Å². The van der Waals surface area contributed by atoms with Gasteiger partial charge in [-0.05, 0) is 25.0 Å². The maximum absolute atomic E-state index is 12.3. The first kappa shape index (κ1) is 17.1. The lowest BCUT2D eigenvalue weighted by Gasteiger charge is -2.21. The Bertz CT molecular complexity index is 692. The maximum atomic E-state index is 12.3. The second-order valence-corrected chi connectivity index (χ2v) is 6.80. The van der Waals surface area contributed by atoms with Crippen LogP contribution in [0.15, 0.2) is 29.6 Å². The van der Waals surface area contributed by atoms with E-state index in [4.69, 9.17) is 0 Å². The fourth-order valence-corrected chi connectivity index (χ4v) is 2.82. The van der Waals surface area contributed by atoms with E-state index in [-0.39, 0.29) is 17.7 Å². The number of nitrogens with one attached hydrogen (secondary N) is 2. The molecule has 122 valence electrons. The second-order valence-electron chi connectivity index (χ2n) is 5.74. The van der Waals surface area contributed by atoms with Crippen molar-refractivity contribution in [2.75, 3.05) is 5.32 Å². The highest BCUT2D eigenvalue weighted by Crippen LogP contribution is 2.23. The minimum atomic E-state index is -0.548. The lowest BCUT2D eigenvalue weighted by Crippen LogP contribution is -2.46. The van der Waals surface area contributed by atoms with Gasteiger partial charge in [-0.15, -0.1) is 11.3 Å². The van der Waals surface area contributed by atoms with Gasteiger partial charge in [0.25, 0.3) is 0 Å². The SMILES string of the molecule is CC(=O)N[C@@H](C(=O)Nc1ccc(-c2csc(C)n2)cc1)C(C)C. The highest BCUT2D eigenvalue weighted by molar-refractivity contribution is 7.09. The van der Waals surface area contributed by atoms with E-state index in [1.807, 2.05) is 50.4 Å². The van der Waals surface area contributed by atoms with Gasteiger partial charge in [-0.3, -0.25) is 9.59 Å². The maximum Gasteiger partial charge on any atom is 0.247 e. The average molecular weight is 331 g/mol. The van der Waals surface area contributed by atoms with Gasteiger partial charge < -0.3 is 10.6 Å². The van der Waals surface area contributed by atoms with E-state index in [0.717, 1.165) is 16.3 Å². The average Bonchev–Trinajstić information content (AvgIpc) is 2.91. The van der Waals surface area contributed by atoms with E-state index < -0.39 is 6.04 Å². The molecule has 0 bridgehead atoms. The predicted molar refractivity (Wildman–Crippen MR) is 93.4 cm³/mol. The Morgan fingerprint density at radius 1 is 1.17 bits per heavy atom. The van der Waals surface area contributed by atoms with Crippen molar-refractivity contribution in [1.29, 1.82) is 0 Å². The summed E-state index contributed by atoms with van der Waals surface area (Å²) in [5.74, 6) is -0.420. The number of thiazole rings is 1. The number of aryl methyl sites for hydroxylation is 1. The highest BCUT2D eigenvalue weighted by Gasteiger charge is 2.22. The molecule has 0 aliphatic heterocycles. The zero-order valence-electron chi connectivity index (χ0n) is 13.7. The first-order chi connectivity index (χ1) is 10.9. The number of carbonyl (C=O) groups excluding carboxylic acids is 2. The van der Waals surface area contributed by atoms with Crippen molar-refractivity contribution in [1.82, 2.24) is 10.3 Å². The number of amides is 2. The third-order valence-electron chi connectivity index (χ3n) is 3.38. The Labute approximate surface area is 140 Å². The molecule has 0 radical (unpaired) electrons. The summed E-state index contributed by atoms with van der Waals surface area (Å²) < 4.78 is 0. The number of rotatable bonds is 5. The lowest BCUT2D eigenvalue weighted by molar-refractivity contribution is -0.126. The Balaban J connectivity index is 2.07. The zero-order chi connectivity index (χ0) is 17.0. The molecule has 0 saturated carbocycles. The smallest absolute Gasteiger partial charge is 0.247 e. The molecule has 0 saturated heterocycles. The Morgan fingerprint density at radius 2 is 1.83 bits per heavy atom. The molecule has 1 aromatic carbocycles. The van der Waals surface area contributed by atoms with Crippen molar-refractivity contribution < 1.29 is 9.59 Å². The summed E-state index contributed by atoms with van der Waals surface area (Å²) in [7, 11) is 0. The normalized spacial score (nSPS) is 12.0. The molecule has 2 aromatic rings. The van der Waals surface area contributed by atoms with Crippen molar-refractivity contribution in [3.05, 3.63) is 34.7 Å². The summed E-state index contributed by atoms with van der Waals surface area (Å²) in [4.78, 5) is 28.0. The van der Waals surface area contributed by atoms with Crippen molar-refractivity contribution in [3.63, 3.8) is 0 Å². The molecule has 2 rings (SSSR count). The molecule has 1 atom stereocenters. The summed E-state index contributed by atoms with van der Waals surface area (Å²) in [6.07, 6.45) is 0. The first-order valence-corrected chi connectivity index (χ1v) is 8.35. The molecule has 23 heavy (non-hydrogen) atoms. The molecular formula is C17H21N3O2S. The van der Waals surface area contributed by atoms with E-state index in [1.54, 1.807) is 11.3 Å². The molecule has 0 unspecified atom stereocenters. The van der Waals surface area contributed by atoms with Gasteiger partial charge in [0, 0.05) is 23.6 Å². The van der Waals surface area contributed by atoms with Crippen molar-refractivity contribution in [3.8, 4) is 11.3 Å². The van der Waals surface area contributed by atoms with Crippen LogP contribution < -0.4 is 10.6 Å². The zero-order valence-corrected chi connectivity index (χ0v) is 14.5. The Kier molecular flexibility index (Phi) is 5.50. The molecule has 0 aliphatic carbocycles. The van der Waals surface area contributed by atoms with Crippen LogP contribution in [0.3, 0.4) is 0 Å². The van der Waals surface area contributed by atoms with Gasteiger partial charge in [0.2, 0.25) is 11.8 Å². The molecule has 0 fully saturated rings. The van der Waals surface area contributed by atoms with Crippen LogP contribution in [0.5, 0.6) is 0 Å². The molecule has 2 amide bonds. The summed E-state index contributed by atoms with van der Waals surface area (Å²) in [6, 6.07) is 6.98.